The third-order valence-electron chi connectivity index (χ3n) is 6.11. The van der Waals surface area contributed by atoms with Gasteiger partial charge in [0, 0.05) is 29.4 Å². The molecule has 0 aliphatic rings. The normalized spacial score (nSPS) is 12.4. The zero-order chi connectivity index (χ0) is 30.2. The molecule has 0 aliphatic carbocycles. The first-order chi connectivity index (χ1) is 19.0. The highest BCUT2D eigenvalue weighted by Crippen LogP contribution is 2.44. The van der Waals surface area contributed by atoms with Gasteiger partial charge in [-0.15, -0.1) is 11.3 Å². The van der Waals surface area contributed by atoms with E-state index in [1.807, 2.05) is 0 Å². The molecule has 214 valence electrons. The molecule has 0 atom stereocenters. The van der Waals surface area contributed by atoms with Crippen LogP contribution in [0.15, 0.2) is 18.3 Å². The van der Waals surface area contributed by atoms with E-state index in [9.17, 15) is 35.9 Å². The first kappa shape index (κ1) is 28.3. The van der Waals surface area contributed by atoms with Gasteiger partial charge in [-0.3, -0.25) is 14.3 Å². The number of nitrogens with zero attached hydrogens (tertiary/aromatic N) is 6. The first-order valence-electron chi connectivity index (χ1n) is 11.3. The topological polar surface area (TPSA) is 133 Å². The van der Waals surface area contributed by atoms with E-state index in [4.69, 9.17) is 17.3 Å². The second-order valence-corrected chi connectivity index (χ2v) is 10.2. The fraction of sp³-hybridized carbons (Fsp3) is 0.217. The summed E-state index contributed by atoms with van der Waals surface area (Å²) in [5, 5.41) is 9.50. The van der Waals surface area contributed by atoms with Crippen LogP contribution in [0.5, 0.6) is 0 Å². The van der Waals surface area contributed by atoms with Crippen LogP contribution in [0.2, 0.25) is 5.02 Å². The maximum atomic E-state index is 13.8. The van der Waals surface area contributed by atoms with Crippen molar-refractivity contribution in [1.29, 1.82) is 0 Å². The lowest BCUT2D eigenvalue weighted by molar-refractivity contribution is -0.143. The number of pyridine rings is 1. The van der Waals surface area contributed by atoms with Crippen molar-refractivity contribution in [2.45, 2.75) is 26.2 Å². The van der Waals surface area contributed by atoms with Gasteiger partial charge in [-0.05, 0) is 31.5 Å². The van der Waals surface area contributed by atoms with Gasteiger partial charge in [0.2, 0.25) is 0 Å². The largest absolute Gasteiger partial charge is 0.433 e. The molecule has 10 nitrogen and oxygen atoms in total. The maximum absolute atomic E-state index is 13.8. The lowest BCUT2D eigenvalue weighted by Crippen LogP contribution is -2.18. The van der Waals surface area contributed by atoms with E-state index in [0.717, 1.165) is 6.07 Å². The summed E-state index contributed by atoms with van der Waals surface area (Å²) in [7, 11) is 1.56. The highest BCUT2D eigenvalue weighted by molar-refractivity contribution is 7.21. The molecule has 0 radical (unpaired) electrons. The van der Waals surface area contributed by atoms with Crippen LogP contribution in [0, 0.1) is 13.8 Å². The van der Waals surface area contributed by atoms with Crippen molar-refractivity contribution >= 4 is 56.3 Å². The number of alkyl halides is 6. The second-order valence-electron chi connectivity index (χ2n) is 8.80. The molecule has 0 saturated heterocycles. The number of amides is 2. The van der Waals surface area contributed by atoms with Crippen molar-refractivity contribution in [2.24, 2.45) is 12.8 Å². The number of hydrogen-bond acceptors (Lipinski definition) is 7. The molecule has 18 heteroatoms. The molecule has 0 aliphatic heterocycles. The van der Waals surface area contributed by atoms with Gasteiger partial charge in [0.1, 0.15) is 26.1 Å². The van der Waals surface area contributed by atoms with E-state index in [0.29, 0.717) is 27.6 Å². The number of primary amides is 1. The number of hydrogen-bond donors (Lipinski definition) is 2. The summed E-state index contributed by atoms with van der Waals surface area (Å²) in [4.78, 5) is 32.6. The van der Waals surface area contributed by atoms with Gasteiger partial charge in [-0.2, -0.15) is 36.5 Å². The maximum Gasteiger partial charge on any atom is 0.433 e. The van der Waals surface area contributed by atoms with E-state index in [2.05, 4.69) is 25.5 Å². The number of aryl methyl sites for hydroxylation is 2. The minimum absolute atomic E-state index is 0.0542. The van der Waals surface area contributed by atoms with Crippen molar-refractivity contribution in [2.75, 3.05) is 5.32 Å². The summed E-state index contributed by atoms with van der Waals surface area (Å²) >= 11 is 6.71. The molecular formula is C23H15ClF6N8O2S. The predicted octanol–water partition coefficient (Wildman–Crippen LogP) is 5.40. The van der Waals surface area contributed by atoms with E-state index >= 15 is 0 Å². The molecule has 0 saturated carbocycles. The zero-order valence-electron chi connectivity index (χ0n) is 20.9. The first-order valence-corrected chi connectivity index (χ1v) is 12.5. The van der Waals surface area contributed by atoms with E-state index in [1.54, 1.807) is 14.0 Å². The SMILES string of the molecule is Cc1cc(C(F)(F)F)n2nc(C(=O)Nc3c(C(N)=O)sc4nc(C(F)(F)F)cc(-c5cnn(C)c5C)c34)c(Cl)c2n1. The number of carbonyl (C=O) groups is 2. The van der Waals surface area contributed by atoms with Crippen LogP contribution in [-0.4, -0.2) is 41.2 Å². The Morgan fingerprint density at radius 2 is 1.73 bits per heavy atom. The minimum atomic E-state index is -4.88. The van der Waals surface area contributed by atoms with Crippen molar-refractivity contribution in [3.63, 3.8) is 0 Å². The summed E-state index contributed by atoms with van der Waals surface area (Å²) < 4.78 is 83.9. The van der Waals surface area contributed by atoms with Gasteiger partial charge in [-0.1, -0.05) is 11.6 Å². The van der Waals surface area contributed by atoms with Gasteiger partial charge >= 0.3 is 12.4 Å². The fourth-order valence-corrected chi connectivity index (χ4v) is 5.40. The average molecular weight is 617 g/mol. The Kier molecular flexibility index (Phi) is 6.49. The Morgan fingerprint density at radius 1 is 1.05 bits per heavy atom. The fourth-order valence-electron chi connectivity index (χ4n) is 4.14. The third kappa shape index (κ3) is 4.73. The van der Waals surface area contributed by atoms with Gasteiger partial charge in [0.25, 0.3) is 11.8 Å². The third-order valence-corrected chi connectivity index (χ3v) is 7.55. The van der Waals surface area contributed by atoms with Gasteiger partial charge in [-0.25, -0.2) is 14.5 Å². The number of nitrogens with one attached hydrogen (secondary N) is 1. The van der Waals surface area contributed by atoms with Crippen LogP contribution < -0.4 is 11.1 Å². The second kappa shape index (κ2) is 9.41. The molecule has 0 spiro atoms. The smallest absolute Gasteiger partial charge is 0.365 e. The lowest BCUT2D eigenvalue weighted by atomic mass is 10.0. The van der Waals surface area contributed by atoms with Crippen LogP contribution in [0.1, 0.15) is 42.9 Å². The number of aromatic nitrogens is 6. The van der Waals surface area contributed by atoms with E-state index in [-0.39, 0.29) is 37.6 Å². The highest BCUT2D eigenvalue weighted by atomic mass is 35.5. The number of halogens is 7. The number of thiophene rings is 1. The number of anilines is 1. The number of fused-ring (bicyclic) bond motifs is 2. The Morgan fingerprint density at radius 3 is 2.29 bits per heavy atom. The van der Waals surface area contributed by atoms with Gasteiger partial charge in [0.05, 0.1) is 11.9 Å². The van der Waals surface area contributed by atoms with Crippen LogP contribution in [-0.2, 0) is 19.4 Å². The molecule has 5 heterocycles. The van der Waals surface area contributed by atoms with Crippen molar-refractivity contribution in [3.05, 3.63) is 56.7 Å². The Hall–Kier alpha value is -4.25. The summed E-state index contributed by atoms with van der Waals surface area (Å²) in [5.41, 5.74) is 2.03. The zero-order valence-corrected chi connectivity index (χ0v) is 22.4. The molecule has 0 aromatic carbocycles. The number of carbonyl (C=O) groups excluding carboxylic acids is 2. The molecule has 0 bridgehead atoms. The quantitative estimate of drug-likeness (QED) is 0.260. The number of rotatable bonds is 4. The molecule has 3 N–H and O–H groups in total. The monoisotopic (exact) mass is 616 g/mol. The van der Waals surface area contributed by atoms with Crippen molar-refractivity contribution in [1.82, 2.24) is 29.4 Å². The molecule has 5 rings (SSSR count). The van der Waals surface area contributed by atoms with Crippen LogP contribution >= 0.6 is 22.9 Å². The van der Waals surface area contributed by atoms with Crippen molar-refractivity contribution in [3.8, 4) is 11.1 Å². The van der Waals surface area contributed by atoms with Crippen LogP contribution in [0.4, 0.5) is 32.0 Å². The van der Waals surface area contributed by atoms with Gasteiger partial charge in [0.15, 0.2) is 11.3 Å². The van der Waals surface area contributed by atoms with E-state index < -0.39 is 51.9 Å². The number of nitrogens with two attached hydrogens (primary N) is 1. The van der Waals surface area contributed by atoms with Crippen LogP contribution in [0.25, 0.3) is 27.0 Å². The Bertz CT molecular complexity index is 1910. The standard InChI is InChI=1S/C23H15ClF6N8O2S/c1-7-4-12(23(28,29)30)38-19(33-7)14(24)16(36-38)20(40)35-15-13-9(10-6-32-37(3)8(10)2)5-11(22(25,26)27)34-21(13)41-17(15)18(31)39/h4-6H,1-3H3,(H2,31,39)(H,35,40). The molecular weight excluding hydrogens is 602 g/mol. The Balaban J connectivity index is 1.74. The molecule has 41 heavy (non-hydrogen) atoms. The molecule has 5 aromatic rings. The summed E-state index contributed by atoms with van der Waals surface area (Å²) in [6, 6.07) is 1.45. The Labute approximate surface area is 233 Å². The summed E-state index contributed by atoms with van der Waals surface area (Å²) in [6.45, 7) is 2.88. The molecule has 2 amide bonds. The predicted molar refractivity (Wildman–Crippen MR) is 136 cm³/mol. The molecule has 0 unspecified atom stereocenters. The highest BCUT2D eigenvalue weighted by Gasteiger charge is 2.38. The van der Waals surface area contributed by atoms with Crippen LogP contribution in [0.3, 0.4) is 0 Å². The minimum Gasteiger partial charge on any atom is -0.365 e. The average Bonchev–Trinajstić information content (AvgIpc) is 3.51. The summed E-state index contributed by atoms with van der Waals surface area (Å²) in [6.07, 6.45) is -8.45. The van der Waals surface area contributed by atoms with Gasteiger partial charge < -0.3 is 11.1 Å². The van der Waals surface area contributed by atoms with E-state index in [1.165, 1.54) is 17.8 Å². The molecule has 0 fully saturated rings. The molecule has 5 aromatic heterocycles. The van der Waals surface area contributed by atoms with Crippen molar-refractivity contribution < 1.29 is 35.9 Å². The summed E-state index contributed by atoms with van der Waals surface area (Å²) in [5.74, 6) is -2.29. The lowest BCUT2D eigenvalue weighted by Gasteiger charge is -2.12.